The van der Waals surface area contributed by atoms with E-state index < -0.39 is 47.8 Å². The van der Waals surface area contributed by atoms with Crippen LogP contribution in [0.4, 0.5) is 13.6 Å². The summed E-state index contributed by atoms with van der Waals surface area (Å²) in [4.78, 5) is 37.3. The fraction of sp³-hybridized carbons (Fsp3) is 0.520. The Morgan fingerprint density at radius 1 is 1.39 bits per heavy atom. The number of alkyl halides is 2. The van der Waals surface area contributed by atoms with Crippen molar-refractivity contribution in [3.05, 3.63) is 40.9 Å². The van der Waals surface area contributed by atoms with E-state index >= 15 is 0 Å². The van der Waals surface area contributed by atoms with E-state index in [9.17, 15) is 28.4 Å². The number of amides is 3. The maximum Gasteiger partial charge on any atom is 0.408 e. The fourth-order valence-electron chi connectivity index (χ4n) is 4.19. The minimum atomic E-state index is -2.95. The molecule has 0 radical (unpaired) electrons. The van der Waals surface area contributed by atoms with Gasteiger partial charge in [-0.05, 0) is 49.5 Å². The van der Waals surface area contributed by atoms with Gasteiger partial charge in [0.05, 0.1) is 6.07 Å². The van der Waals surface area contributed by atoms with Gasteiger partial charge in [-0.3, -0.25) is 9.59 Å². The van der Waals surface area contributed by atoms with Gasteiger partial charge in [0.25, 0.3) is 5.92 Å². The van der Waals surface area contributed by atoms with Crippen LogP contribution in [0.1, 0.15) is 44.6 Å². The van der Waals surface area contributed by atoms with Gasteiger partial charge in [0.15, 0.2) is 0 Å². The molecule has 2 unspecified atom stereocenters. The minimum Gasteiger partial charge on any atom is -0.445 e. The Morgan fingerprint density at radius 3 is 2.78 bits per heavy atom. The molecule has 0 spiro atoms. The summed E-state index contributed by atoms with van der Waals surface area (Å²) in [7, 11) is 0. The average molecular weight is 523 g/mol. The van der Waals surface area contributed by atoms with Crippen molar-refractivity contribution in [3.63, 3.8) is 0 Å². The van der Waals surface area contributed by atoms with Gasteiger partial charge in [-0.25, -0.2) is 13.6 Å². The number of nitrogens with zero attached hydrogens (tertiary/aromatic N) is 1. The smallest absolute Gasteiger partial charge is 0.408 e. The third-order valence-electron chi connectivity index (χ3n) is 6.49. The summed E-state index contributed by atoms with van der Waals surface area (Å²) < 4.78 is 32.8. The van der Waals surface area contributed by atoms with Crippen LogP contribution in [0.25, 0.3) is 6.08 Å². The Hall–Kier alpha value is -3.19. The molecule has 1 aliphatic heterocycles. The second-order valence-corrected chi connectivity index (χ2v) is 9.89. The quantitative estimate of drug-likeness (QED) is 0.431. The highest BCUT2D eigenvalue weighted by Crippen LogP contribution is 2.62. The monoisotopic (exact) mass is 522 g/mol. The van der Waals surface area contributed by atoms with Crippen LogP contribution < -0.4 is 16.0 Å². The summed E-state index contributed by atoms with van der Waals surface area (Å²) in [6, 6.07) is 6.60. The van der Waals surface area contributed by atoms with Crippen LogP contribution in [-0.4, -0.2) is 49.1 Å². The Morgan fingerprint density at radius 2 is 2.14 bits per heavy atom. The first-order chi connectivity index (χ1) is 17.0. The number of nitrogens with one attached hydrogen (secondary N) is 3. The standard InChI is InChI=1S/C25H29ClF2N4O4/c1-24(15-25(24,27)28)13-20(22(34)31-19(14-29)12-17-7-3-9-30-21(17)33)32-23(35)36-10-4-6-16-5-2-8-18(26)11-16/h2,4-6,8,11,17,19-20H,3,7,9-10,12-13,15H2,1H3,(H,30,33)(H,31,34)(H,32,35)/b6-4+/t17-,19-,20?,24?/m0/s1. The number of benzene rings is 1. The summed E-state index contributed by atoms with van der Waals surface area (Å²) in [6.07, 6.45) is 2.99. The lowest BCUT2D eigenvalue weighted by Gasteiger charge is -2.26. The molecule has 8 nitrogen and oxygen atoms in total. The lowest BCUT2D eigenvalue weighted by atomic mass is 9.91. The van der Waals surface area contributed by atoms with Crippen LogP contribution in [0.3, 0.4) is 0 Å². The van der Waals surface area contributed by atoms with Gasteiger partial charge in [0.2, 0.25) is 11.8 Å². The van der Waals surface area contributed by atoms with E-state index in [-0.39, 0.29) is 25.4 Å². The van der Waals surface area contributed by atoms with E-state index in [1.165, 1.54) is 6.92 Å². The van der Waals surface area contributed by atoms with Crippen LogP contribution in [0.2, 0.25) is 5.02 Å². The topological polar surface area (TPSA) is 120 Å². The van der Waals surface area contributed by atoms with Crippen molar-refractivity contribution in [1.82, 2.24) is 16.0 Å². The molecular weight excluding hydrogens is 494 g/mol. The zero-order valence-electron chi connectivity index (χ0n) is 19.9. The van der Waals surface area contributed by atoms with Gasteiger partial charge in [0.1, 0.15) is 18.7 Å². The van der Waals surface area contributed by atoms with Crippen LogP contribution >= 0.6 is 11.6 Å². The molecule has 11 heteroatoms. The molecule has 3 N–H and O–H groups in total. The zero-order chi connectivity index (χ0) is 26.3. The van der Waals surface area contributed by atoms with E-state index in [0.717, 1.165) is 12.0 Å². The summed E-state index contributed by atoms with van der Waals surface area (Å²) in [5.74, 6) is -4.36. The molecule has 3 rings (SSSR count). The molecule has 1 saturated carbocycles. The van der Waals surface area contributed by atoms with E-state index in [0.29, 0.717) is 18.0 Å². The number of hydrogen-bond donors (Lipinski definition) is 3. The molecule has 1 aromatic carbocycles. The molecule has 4 atom stereocenters. The molecular formula is C25H29ClF2N4O4. The summed E-state index contributed by atoms with van der Waals surface area (Å²) in [5, 5.41) is 17.6. The number of piperidine rings is 1. The van der Waals surface area contributed by atoms with E-state index in [2.05, 4.69) is 16.0 Å². The molecule has 3 amide bonds. The van der Waals surface area contributed by atoms with Crippen molar-refractivity contribution in [2.24, 2.45) is 11.3 Å². The fourth-order valence-corrected chi connectivity index (χ4v) is 4.39. The number of halogens is 3. The Labute approximate surface area is 213 Å². The van der Waals surface area contributed by atoms with Gasteiger partial charge in [0, 0.05) is 29.3 Å². The Balaban J connectivity index is 1.58. The third kappa shape index (κ3) is 7.40. The molecule has 1 aromatic rings. The minimum absolute atomic E-state index is 0.0902. The molecule has 1 heterocycles. The first-order valence-corrected chi connectivity index (χ1v) is 12.1. The molecule has 0 aromatic heterocycles. The van der Waals surface area contributed by atoms with Crippen molar-refractivity contribution in [3.8, 4) is 6.07 Å². The van der Waals surface area contributed by atoms with Crippen LogP contribution in [0.15, 0.2) is 30.3 Å². The van der Waals surface area contributed by atoms with E-state index in [4.69, 9.17) is 16.3 Å². The van der Waals surface area contributed by atoms with Crippen LogP contribution in [0.5, 0.6) is 0 Å². The number of carbonyl (C=O) groups is 3. The molecule has 2 aliphatic rings. The lowest BCUT2D eigenvalue weighted by molar-refractivity contribution is -0.128. The summed E-state index contributed by atoms with van der Waals surface area (Å²) in [5.41, 5.74) is -0.665. The molecule has 36 heavy (non-hydrogen) atoms. The molecule has 1 saturated heterocycles. The SMILES string of the molecule is CC1(CC(NC(=O)OC/C=C/c2cccc(Cl)c2)C(=O)N[C@H](C#N)C[C@@H]2CCCNC2=O)CC1(F)F. The van der Waals surface area contributed by atoms with E-state index in [1.807, 2.05) is 12.1 Å². The van der Waals surface area contributed by atoms with Crippen LogP contribution in [0, 0.1) is 22.7 Å². The van der Waals surface area contributed by atoms with Crippen molar-refractivity contribution in [2.75, 3.05) is 13.2 Å². The molecule has 1 aliphatic carbocycles. The predicted octanol–water partition coefficient (Wildman–Crippen LogP) is 3.81. The normalized spacial score (nSPS) is 24.2. The Kier molecular flexibility index (Phi) is 8.90. The van der Waals surface area contributed by atoms with Crippen molar-refractivity contribution >= 4 is 35.6 Å². The van der Waals surface area contributed by atoms with Crippen molar-refractivity contribution in [2.45, 2.75) is 57.0 Å². The van der Waals surface area contributed by atoms with E-state index in [1.54, 1.807) is 30.4 Å². The van der Waals surface area contributed by atoms with Crippen molar-refractivity contribution in [1.29, 1.82) is 5.26 Å². The first kappa shape index (κ1) is 27.4. The lowest BCUT2D eigenvalue weighted by Crippen LogP contribution is -2.51. The molecule has 2 fully saturated rings. The summed E-state index contributed by atoms with van der Waals surface area (Å²) >= 11 is 5.92. The molecule has 0 bridgehead atoms. The number of nitriles is 1. The van der Waals surface area contributed by atoms with Gasteiger partial charge in [-0.1, -0.05) is 36.7 Å². The van der Waals surface area contributed by atoms with Gasteiger partial charge >= 0.3 is 6.09 Å². The maximum atomic E-state index is 13.9. The summed E-state index contributed by atoms with van der Waals surface area (Å²) in [6.45, 7) is 1.77. The van der Waals surface area contributed by atoms with Crippen molar-refractivity contribution < 1.29 is 27.9 Å². The highest BCUT2D eigenvalue weighted by atomic mass is 35.5. The average Bonchev–Trinajstić information content (AvgIpc) is 3.33. The molecule has 194 valence electrons. The number of hydrogen-bond acceptors (Lipinski definition) is 5. The maximum absolute atomic E-state index is 13.9. The number of carbonyl (C=O) groups excluding carboxylic acids is 3. The zero-order valence-corrected chi connectivity index (χ0v) is 20.6. The second kappa shape index (κ2) is 11.7. The third-order valence-corrected chi connectivity index (χ3v) is 6.73. The largest absolute Gasteiger partial charge is 0.445 e. The number of ether oxygens (including phenoxy) is 1. The predicted molar refractivity (Wildman–Crippen MR) is 129 cm³/mol. The number of rotatable bonds is 10. The van der Waals surface area contributed by atoms with Gasteiger partial charge < -0.3 is 20.7 Å². The van der Waals surface area contributed by atoms with Gasteiger partial charge in [-0.15, -0.1) is 0 Å². The highest BCUT2D eigenvalue weighted by Gasteiger charge is 2.68. The first-order valence-electron chi connectivity index (χ1n) is 11.7. The second-order valence-electron chi connectivity index (χ2n) is 9.45. The highest BCUT2D eigenvalue weighted by molar-refractivity contribution is 6.30. The van der Waals surface area contributed by atoms with Crippen LogP contribution in [-0.2, 0) is 14.3 Å². The number of alkyl carbamates (subject to hydrolysis) is 1. The Bertz CT molecular complexity index is 1060. The van der Waals surface area contributed by atoms with Gasteiger partial charge in [-0.2, -0.15) is 5.26 Å².